The molecule has 0 spiro atoms. The highest BCUT2D eigenvalue weighted by molar-refractivity contribution is 7.99. The lowest BCUT2D eigenvalue weighted by Gasteiger charge is -2.16. The van der Waals surface area contributed by atoms with Gasteiger partial charge in [-0.05, 0) is 23.8 Å². The first-order chi connectivity index (χ1) is 15.9. The molecule has 1 atom stereocenters. The second kappa shape index (κ2) is 9.30. The van der Waals surface area contributed by atoms with E-state index in [4.69, 9.17) is 4.74 Å². The van der Waals surface area contributed by atoms with E-state index in [-0.39, 0.29) is 17.2 Å². The smallest absolute Gasteiger partial charge is 0.311 e. The molecule has 0 fully saturated rings. The van der Waals surface area contributed by atoms with Gasteiger partial charge in [-0.25, -0.2) is 4.98 Å². The number of para-hydroxylation sites is 2. The van der Waals surface area contributed by atoms with Gasteiger partial charge in [-0.1, -0.05) is 18.2 Å². The molecule has 33 heavy (non-hydrogen) atoms. The van der Waals surface area contributed by atoms with Crippen molar-refractivity contribution < 1.29 is 19.2 Å². The first-order valence-corrected chi connectivity index (χ1v) is 11.2. The number of nitriles is 1. The maximum Gasteiger partial charge on any atom is 0.311 e. The van der Waals surface area contributed by atoms with Crippen molar-refractivity contribution in [2.75, 3.05) is 24.3 Å². The van der Waals surface area contributed by atoms with Crippen LogP contribution in [0.5, 0.6) is 5.75 Å². The first-order valence-electron chi connectivity index (χ1n) is 10.0. The predicted octanol–water partition coefficient (Wildman–Crippen LogP) is 2.94. The van der Waals surface area contributed by atoms with Crippen LogP contribution in [0.4, 0.5) is 11.6 Å². The Hall–Kier alpha value is -3.91. The molecular weight excluding hydrogens is 446 g/mol. The molecule has 0 bridgehead atoms. The highest BCUT2D eigenvalue weighted by Crippen LogP contribution is 2.30. The zero-order chi connectivity index (χ0) is 23.5. The number of methoxy groups -OCH3 is 1. The van der Waals surface area contributed by atoms with Crippen molar-refractivity contribution in [2.45, 2.75) is 12.3 Å². The van der Waals surface area contributed by atoms with E-state index < -0.39 is 22.5 Å². The Labute approximate surface area is 192 Å². The normalized spacial score (nSPS) is 13.4. The van der Waals surface area contributed by atoms with E-state index in [1.165, 1.54) is 35.9 Å². The van der Waals surface area contributed by atoms with Crippen LogP contribution < -0.4 is 9.64 Å². The second-order valence-electron chi connectivity index (χ2n) is 7.33. The Morgan fingerprint density at radius 3 is 2.82 bits per heavy atom. The number of hydrogen-bond donors (Lipinski definition) is 0. The van der Waals surface area contributed by atoms with E-state index in [9.17, 15) is 25.0 Å². The highest BCUT2D eigenvalue weighted by Gasteiger charge is 2.36. The number of nitro groups is 1. The third-order valence-corrected chi connectivity index (χ3v) is 6.37. The quantitative estimate of drug-likeness (QED) is 0.282. The lowest BCUT2D eigenvalue weighted by Crippen LogP contribution is -2.39. The number of rotatable bonds is 8. The van der Waals surface area contributed by atoms with E-state index >= 15 is 0 Å². The van der Waals surface area contributed by atoms with Crippen molar-refractivity contribution in [2.24, 2.45) is 5.92 Å². The molecule has 10 nitrogen and oxygen atoms in total. The number of thioether (sulfide) groups is 1. The average molecular weight is 465 g/mol. The summed E-state index contributed by atoms with van der Waals surface area (Å²) in [6.45, 7) is 0.888. The number of nitro benzene ring substituents is 1. The van der Waals surface area contributed by atoms with E-state index in [0.717, 1.165) is 11.0 Å². The van der Waals surface area contributed by atoms with Crippen LogP contribution in [0.3, 0.4) is 0 Å². The van der Waals surface area contributed by atoms with Crippen LogP contribution in [0.2, 0.25) is 0 Å². The topological polar surface area (TPSA) is 131 Å². The molecule has 0 saturated heterocycles. The summed E-state index contributed by atoms with van der Waals surface area (Å²) in [4.78, 5) is 42.2. The van der Waals surface area contributed by atoms with E-state index in [1.54, 1.807) is 6.07 Å². The fourth-order valence-corrected chi connectivity index (χ4v) is 4.62. The maximum absolute atomic E-state index is 13.0. The highest BCUT2D eigenvalue weighted by atomic mass is 32.2. The number of hydrogen-bond acceptors (Lipinski definition) is 8. The number of carbonyl (C=O) groups excluding carboxylic acids is 2. The number of nitrogens with zero attached hydrogens (tertiary/aromatic N) is 5. The number of Topliss-reactive ketones (excluding diaryl/α,β-unsaturated/α-hetero) is 1. The molecule has 1 aliphatic heterocycles. The summed E-state index contributed by atoms with van der Waals surface area (Å²) >= 11 is 1.19. The van der Waals surface area contributed by atoms with Crippen molar-refractivity contribution in [3.05, 3.63) is 58.1 Å². The summed E-state index contributed by atoms with van der Waals surface area (Å²) < 4.78 is 6.88. The Bertz CT molecular complexity index is 1300. The number of imidazole rings is 1. The molecule has 0 N–H and O–H groups in total. The minimum absolute atomic E-state index is 0.0753. The van der Waals surface area contributed by atoms with E-state index in [1.807, 2.05) is 34.9 Å². The van der Waals surface area contributed by atoms with Gasteiger partial charge in [0.2, 0.25) is 5.95 Å². The Kier molecular flexibility index (Phi) is 6.28. The number of benzene rings is 2. The summed E-state index contributed by atoms with van der Waals surface area (Å²) in [5.74, 6) is -1.71. The molecule has 1 aromatic heterocycles. The van der Waals surface area contributed by atoms with Crippen molar-refractivity contribution in [3.63, 3.8) is 0 Å². The molecule has 0 unspecified atom stereocenters. The fourth-order valence-electron chi connectivity index (χ4n) is 3.74. The Morgan fingerprint density at radius 1 is 1.30 bits per heavy atom. The fraction of sp³-hybridized carbons (Fsp3) is 0.273. The lowest BCUT2D eigenvalue weighted by atomic mass is 10.1. The van der Waals surface area contributed by atoms with Crippen LogP contribution in [0.25, 0.3) is 11.0 Å². The number of ether oxygens (including phenoxy) is 1. The van der Waals surface area contributed by atoms with Gasteiger partial charge in [-0.2, -0.15) is 5.26 Å². The summed E-state index contributed by atoms with van der Waals surface area (Å²) in [6.07, 6.45) is 0. The number of ketones is 1. The largest absolute Gasteiger partial charge is 0.490 e. The molecule has 2 heterocycles. The summed E-state index contributed by atoms with van der Waals surface area (Å²) in [7, 11) is 1.35. The number of amides is 1. The van der Waals surface area contributed by atoms with Crippen molar-refractivity contribution in [1.82, 2.24) is 9.55 Å². The zero-order valence-electron chi connectivity index (χ0n) is 17.6. The number of fused-ring (bicyclic) bond motifs is 3. The molecule has 0 aliphatic carbocycles. The Morgan fingerprint density at radius 2 is 2.09 bits per heavy atom. The maximum atomic E-state index is 13.0. The number of anilines is 1. The molecule has 0 saturated carbocycles. The van der Waals surface area contributed by atoms with Crippen LogP contribution >= 0.6 is 11.8 Å². The summed E-state index contributed by atoms with van der Waals surface area (Å²) in [5, 5.41) is 20.7. The molecule has 11 heteroatoms. The lowest BCUT2D eigenvalue weighted by molar-refractivity contribution is -0.385. The van der Waals surface area contributed by atoms with Crippen LogP contribution in [-0.2, 0) is 21.9 Å². The van der Waals surface area contributed by atoms with Crippen LogP contribution in [0, 0.1) is 27.4 Å². The minimum Gasteiger partial charge on any atom is -0.490 e. The van der Waals surface area contributed by atoms with Crippen molar-refractivity contribution >= 4 is 46.1 Å². The third-order valence-electron chi connectivity index (χ3n) is 5.34. The van der Waals surface area contributed by atoms with Gasteiger partial charge in [0.25, 0.3) is 5.91 Å². The predicted molar refractivity (Wildman–Crippen MR) is 122 cm³/mol. The number of carbonyl (C=O) groups is 2. The van der Waals surface area contributed by atoms with Crippen molar-refractivity contribution in [1.29, 1.82) is 5.26 Å². The first kappa shape index (κ1) is 22.3. The number of aromatic nitrogens is 2. The van der Waals surface area contributed by atoms with E-state index in [2.05, 4.69) is 4.98 Å². The SMILES string of the molecule is COc1ccc(CSCC(=O)[C@@H](C#N)C(=O)N2CCn3c2nc2ccccc23)cc1[N+](=O)[O-]. The molecular formula is C22H19N5O5S. The summed E-state index contributed by atoms with van der Waals surface area (Å²) in [5.41, 5.74) is 2.11. The van der Waals surface area contributed by atoms with Gasteiger partial charge in [-0.3, -0.25) is 24.6 Å². The molecule has 3 aromatic rings. The molecule has 1 amide bonds. The standard InChI is InChI=1S/C22H19N5O5S/c1-32-20-7-6-14(10-18(20)27(30)31)12-33-13-19(28)15(11-23)21(29)26-9-8-25-17-5-3-2-4-16(17)24-22(25)26/h2-7,10,15H,8-9,12-13H2,1H3/t15-/m1/s1. The van der Waals surface area contributed by atoms with Gasteiger partial charge in [0.15, 0.2) is 17.5 Å². The third kappa shape index (κ3) is 4.25. The van der Waals surface area contributed by atoms with E-state index in [0.29, 0.717) is 30.4 Å². The van der Waals surface area contributed by atoms with Gasteiger partial charge in [0, 0.05) is 24.9 Å². The Balaban J connectivity index is 1.41. The molecule has 1 aliphatic rings. The molecule has 0 radical (unpaired) electrons. The van der Waals surface area contributed by atoms with Gasteiger partial charge >= 0.3 is 5.69 Å². The van der Waals surface area contributed by atoms with Crippen molar-refractivity contribution in [3.8, 4) is 11.8 Å². The second-order valence-corrected chi connectivity index (χ2v) is 8.31. The molecule has 4 rings (SSSR count). The van der Waals surface area contributed by atoms with Gasteiger partial charge in [0.05, 0.1) is 34.9 Å². The monoisotopic (exact) mass is 465 g/mol. The van der Waals surface area contributed by atoms with Crippen LogP contribution in [0.15, 0.2) is 42.5 Å². The van der Waals surface area contributed by atoms with Crippen LogP contribution in [-0.4, -0.2) is 45.6 Å². The van der Waals surface area contributed by atoms with Gasteiger partial charge < -0.3 is 9.30 Å². The molecule has 2 aromatic carbocycles. The summed E-state index contributed by atoms with van der Waals surface area (Å²) in [6, 6.07) is 13.9. The molecule has 168 valence electrons. The van der Waals surface area contributed by atoms with Gasteiger partial charge in [-0.15, -0.1) is 11.8 Å². The van der Waals surface area contributed by atoms with Gasteiger partial charge in [0.1, 0.15) is 0 Å². The minimum atomic E-state index is -1.44. The zero-order valence-corrected chi connectivity index (χ0v) is 18.4. The van der Waals surface area contributed by atoms with Crippen LogP contribution in [0.1, 0.15) is 5.56 Å². The average Bonchev–Trinajstić information content (AvgIpc) is 3.38.